The Bertz CT molecular complexity index is 406. The topological polar surface area (TPSA) is 67.3 Å². The van der Waals surface area contributed by atoms with Crippen LogP contribution >= 0.6 is 0 Å². The molecule has 2 rings (SSSR count). The lowest BCUT2D eigenvalue weighted by Gasteiger charge is -2.41. The maximum Gasteiger partial charge on any atom is 0.0590 e. The monoisotopic (exact) mass is 266 g/mol. The second kappa shape index (κ2) is 6.03. The molecule has 5 nitrogen and oxygen atoms in total. The Hall–Kier alpha value is -0.910. The molecule has 5 heteroatoms. The number of likely N-dealkylation sites (tertiary alicyclic amines) is 1. The van der Waals surface area contributed by atoms with Crippen LogP contribution in [0, 0.1) is 5.92 Å². The van der Waals surface area contributed by atoms with E-state index in [1.165, 1.54) is 5.56 Å². The van der Waals surface area contributed by atoms with Gasteiger partial charge >= 0.3 is 0 Å². The maximum absolute atomic E-state index is 9.87. The van der Waals surface area contributed by atoms with E-state index in [0.29, 0.717) is 5.92 Å². The Morgan fingerprint density at radius 2 is 2.32 bits per heavy atom. The second-order valence-corrected chi connectivity index (χ2v) is 5.79. The van der Waals surface area contributed by atoms with Gasteiger partial charge in [-0.25, -0.2) is 0 Å². The van der Waals surface area contributed by atoms with Crippen molar-refractivity contribution in [2.45, 2.75) is 44.9 Å². The van der Waals surface area contributed by atoms with Crippen LogP contribution in [0.1, 0.15) is 38.3 Å². The molecule has 1 aromatic rings. The van der Waals surface area contributed by atoms with Gasteiger partial charge in [0.25, 0.3) is 0 Å². The van der Waals surface area contributed by atoms with Crippen molar-refractivity contribution < 1.29 is 5.11 Å². The third-order valence-electron chi connectivity index (χ3n) is 4.23. The van der Waals surface area contributed by atoms with Crippen LogP contribution in [0.4, 0.5) is 0 Å². The fourth-order valence-electron chi connectivity index (χ4n) is 2.96. The molecule has 1 aliphatic rings. The Labute approximate surface area is 115 Å². The van der Waals surface area contributed by atoms with E-state index in [4.69, 9.17) is 5.73 Å². The molecule has 0 bridgehead atoms. The molecular weight excluding hydrogens is 240 g/mol. The average molecular weight is 266 g/mol. The number of aryl methyl sites for hydroxylation is 1. The molecule has 3 N–H and O–H groups in total. The Balaban J connectivity index is 2.18. The molecule has 4 unspecified atom stereocenters. The molecule has 1 aromatic heterocycles. The molecule has 2 heterocycles. The molecule has 0 spiro atoms. The van der Waals surface area contributed by atoms with Gasteiger partial charge in [-0.15, -0.1) is 0 Å². The van der Waals surface area contributed by atoms with E-state index in [-0.39, 0.29) is 18.2 Å². The van der Waals surface area contributed by atoms with E-state index in [9.17, 15) is 5.11 Å². The molecule has 19 heavy (non-hydrogen) atoms. The van der Waals surface area contributed by atoms with Crippen LogP contribution < -0.4 is 5.73 Å². The first kappa shape index (κ1) is 14.5. The molecule has 0 saturated carbocycles. The van der Waals surface area contributed by atoms with Gasteiger partial charge in [-0.05, 0) is 18.8 Å². The summed E-state index contributed by atoms with van der Waals surface area (Å²) in [4.78, 5) is 2.41. The van der Waals surface area contributed by atoms with Gasteiger partial charge in [0.1, 0.15) is 0 Å². The number of aromatic nitrogens is 2. The highest BCUT2D eigenvalue weighted by Gasteiger charge is 2.32. The molecule has 0 radical (unpaired) electrons. The summed E-state index contributed by atoms with van der Waals surface area (Å²) in [5.41, 5.74) is 7.51. The van der Waals surface area contributed by atoms with Crippen LogP contribution in [-0.2, 0) is 7.05 Å². The van der Waals surface area contributed by atoms with E-state index in [1.54, 1.807) is 0 Å². The van der Waals surface area contributed by atoms with Crippen molar-refractivity contribution >= 4 is 0 Å². The summed E-state index contributed by atoms with van der Waals surface area (Å²) in [6, 6.07) is 0.306. The van der Waals surface area contributed by atoms with E-state index < -0.39 is 0 Å². The zero-order valence-corrected chi connectivity index (χ0v) is 12.2. The lowest BCUT2D eigenvalue weighted by Crippen LogP contribution is -2.48. The summed E-state index contributed by atoms with van der Waals surface area (Å²) < 4.78 is 1.83. The van der Waals surface area contributed by atoms with E-state index in [2.05, 4.69) is 30.0 Å². The number of hydrogen-bond acceptors (Lipinski definition) is 4. The zero-order valence-electron chi connectivity index (χ0n) is 12.2. The first-order chi connectivity index (χ1) is 9.02. The number of nitrogens with zero attached hydrogens (tertiary/aromatic N) is 3. The van der Waals surface area contributed by atoms with Crippen LogP contribution in [0.25, 0.3) is 0 Å². The van der Waals surface area contributed by atoms with Crippen molar-refractivity contribution in [3.8, 4) is 0 Å². The minimum absolute atomic E-state index is 0.103. The summed E-state index contributed by atoms with van der Waals surface area (Å²) in [6.07, 6.45) is 5.55. The summed E-state index contributed by atoms with van der Waals surface area (Å²) in [6.45, 7) is 6.03. The maximum atomic E-state index is 9.87. The van der Waals surface area contributed by atoms with Crippen LogP contribution in [-0.4, -0.2) is 45.0 Å². The van der Waals surface area contributed by atoms with E-state index in [0.717, 1.165) is 25.9 Å². The molecule has 1 saturated heterocycles. The quantitative estimate of drug-likeness (QED) is 0.850. The van der Waals surface area contributed by atoms with Gasteiger partial charge in [-0.1, -0.05) is 13.8 Å². The second-order valence-electron chi connectivity index (χ2n) is 5.79. The Morgan fingerprint density at radius 1 is 1.58 bits per heavy atom. The molecule has 1 aliphatic heterocycles. The minimum atomic E-state index is -0.177. The van der Waals surface area contributed by atoms with Crippen LogP contribution in [0.5, 0.6) is 0 Å². The summed E-state index contributed by atoms with van der Waals surface area (Å²) >= 11 is 0. The van der Waals surface area contributed by atoms with Crippen molar-refractivity contribution in [3.63, 3.8) is 0 Å². The molecule has 0 aliphatic carbocycles. The molecule has 0 amide bonds. The predicted molar refractivity (Wildman–Crippen MR) is 75.6 cm³/mol. The van der Waals surface area contributed by atoms with Crippen molar-refractivity contribution in [1.82, 2.24) is 14.7 Å². The molecule has 1 fully saturated rings. The number of hydrogen-bond donors (Lipinski definition) is 2. The number of rotatable bonds is 4. The SMILES string of the molecule is CCC(N)C(c1cnn(C)c1)N1CCC(O)C(C)C1. The highest BCUT2D eigenvalue weighted by Crippen LogP contribution is 2.29. The fraction of sp³-hybridized carbons (Fsp3) is 0.786. The van der Waals surface area contributed by atoms with Gasteiger partial charge < -0.3 is 10.8 Å². The molecule has 108 valence electrons. The van der Waals surface area contributed by atoms with Gasteiger partial charge in [0, 0.05) is 37.9 Å². The standard InChI is InChI=1S/C14H26N4O/c1-4-12(15)14(11-7-16-17(3)9-11)18-6-5-13(19)10(2)8-18/h7,9-10,12-14,19H,4-6,8,15H2,1-3H3. The van der Waals surface area contributed by atoms with Crippen LogP contribution in [0.15, 0.2) is 12.4 Å². The van der Waals surface area contributed by atoms with Gasteiger partial charge in [0.05, 0.1) is 18.3 Å². The largest absolute Gasteiger partial charge is 0.393 e. The number of piperidine rings is 1. The number of aliphatic hydroxyl groups is 1. The predicted octanol–water partition coefficient (Wildman–Crippen LogP) is 0.901. The van der Waals surface area contributed by atoms with Crippen molar-refractivity contribution in [1.29, 1.82) is 0 Å². The smallest absolute Gasteiger partial charge is 0.0590 e. The van der Waals surface area contributed by atoms with E-state index in [1.807, 2.05) is 17.9 Å². The third kappa shape index (κ3) is 3.16. The van der Waals surface area contributed by atoms with Gasteiger partial charge in [-0.2, -0.15) is 5.10 Å². The normalized spacial score (nSPS) is 28.3. The lowest BCUT2D eigenvalue weighted by molar-refractivity contribution is 0.0112. The van der Waals surface area contributed by atoms with Crippen molar-refractivity contribution in [2.24, 2.45) is 18.7 Å². The molecular formula is C14H26N4O. The van der Waals surface area contributed by atoms with Crippen molar-refractivity contribution in [2.75, 3.05) is 13.1 Å². The van der Waals surface area contributed by atoms with Gasteiger partial charge in [0.2, 0.25) is 0 Å². The third-order valence-corrected chi connectivity index (χ3v) is 4.23. The lowest BCUT2D eigenvalue weighted by atomic mass is 9.91. The summed E-state index contributed by atoms with van der Waals surface area (Å²) in [5, 5.41) is 14.1. The summed E-state index contributed by atoms with van der Waals surface area (Å²) in [7, 11) is 1.93. The van der Waals surface area contributed by atoms with E-state index >= 15 is 0 Å². The first-order valence-corrected chi connectivity index (χ1v) is 7.19. The van der Waals surface area contributed by atoms with Gasteiger partial charge in [-0.3, -0.25) is 9.58 Å². The highest BCUT2D eigenvalue weighted by atomic mass is 16.3. The van der Waals surface area contributed by atoms with Crippen LogP contribution in [0.3, 0.4) is 0 Å². The zero-order chi connectivity index (χ0) is 14.0. The minimum Gasteiger partial charge on any atom is -0.393 e. The number of nitrogens with two attached hydrogens (primary N) is 1. The highest BCUT2D eigenvalue weighted by molar-refractivity contribution is 5.14. The van der Waals surface area contributed by atoms with Gasteiger partial charge in [0.15, 0.2) is 0 Å². The average Bonchev–Trinajstić information content (AvgIpc) is 2.80. The summed E-state index contributed by atoms with van der Waals surface area (Å²) in [5.74, 6) is 0.303. The van der Waals surface area contributed by atoms with Crippen LogP contribution in [0.2, 0.25) is 0 Å². The number of aliphatic hydroxyl groups excluding tert-OH is 1. The fourth-order valence-corrected chi connectivity index (χ4v) is 2.96. The van der Waals surface area contributed by atoms with Crippen molar-refractivity contribution in [3.05, 3.63) is 18.0 Å². The Morgan fingerprint density at radius 3 is 2.84 bits per heavy atom. The molecule has 0 aromatic carbocycles. The molecule has 4 atom stereocenters. The Kier molecular flexibility index (Phi) is 4.60. The first-order valence-electron chi connectivity index (χ1n) is 7.19.